The molecule has 0 radical (unpaired) electrons. The summed E-state index contributed by atoms with van der Waals surface area (Å²) in [6, 6.07) is 3.63. The molecule has 0 saturated heterocycles. The lowest BCUT2D eigenvalue weighted by Gasteiger charge is -2.08. The van der Waals surface area contributed by atoms with Crippen molar-refractivity contribution in [2.45, 2.75) is 6.92 Å². The van der Waals surface area contributed by atoms with Crippen LogP contribution in [0, 0.1) is 6.92 Å². The topological polar surface area (TPSA) is 35.2 Å². The highest BCUT2D eigenvalue weighted by Crippen LogP contribution is 2.31. The molecule has 1 aromatic rings. The molecule has 0 amide bonds. The summed E-state index contributed by atoms with van der Waals surface area (Å²) in [6.45, 7) is 1.92. The lowest BCUT2D eigenvalue weighted by Crippen LogP contribution is -1.95. The lowest BCUT2D eigenvalue weighted by atomic mass is 10.2. The fourth-order valence-corrected chi connectivity index (χ4v) is 1.10. The van der Waals surface area contributed by atoms with E-state index in [1.54, 1.807) is 13.2 Å². The molecule has 0 spiro atoms. The van der Waals surface area contributed by atoms with Gasteiger partial charge in [0.05, 0.1) is 17.8 Å². The number of hydrogen-bond acceptors (Lipinski definition) is 2. The molecular formula is C8H10ClNO. The first-order valence-electron chi connectivity index (χ1n) is 3.25. The zero-order valence-electron chi connectivity index (χ0n) is 6.52. The van der Waals surface area contributed by atoms with E-state index < -0.39 is 0 Å². The van der Waals surface area contributed by atoms with Crippen molar-refractivity contribution in [3.8, 4) is 5.75 Å². The molecule has 0 bridgehead atoms. The molecule has 60 valence electrons. The molecule has 0 aliphatic heterocycles. The van der Waals surface area contributed by atoms with Gasteiger partial charge in [-0.2, -0.15) is 0 Å². The minimum Gasteiger partial charge on any atom is -0.494 e. The Labute approximate surface area is 70.9 Å². The molecule has 0 fully saturated rings. The van der Waals surface area contributed by atoms with E-state index in [1.165, 1.54) is 0 Å². The van der Waals surface area contributed by atoms with Crippen molar-refractivity contribution in [2.75, 3.05) is 12.8 Å². The van der Waals surface area contributed by atoms with Crippen LogP contribution < -0.4 is 10.5 Å². The van der Waals surface area contributed by atoms with Gasteiger partial charge in [0.25, 0.3) is 0 Å². The van der Waals surface area contributed by atoms with Crippen molar-refractivity contribution in [1.82, 2.24) is 0 Å². The van der Waals surface area contributed by atoms with E-state index in [0.717, 1.165) is 5.56 Å². The zero-order chi connectivity index (χ0) is 8.43. The van der Waals surface area contributed by atoms with Gasteiger partial charge in [-0.1, -0.05) is 17.7 Å². The van der Waals surface area contributed by atoms with Crippen LogP contribution in [0.1, 0.15) is 5.56 Å². The third-order valence-corrected chi connectivity index (χ3v) is 1.87. The van der Waals surface area contributed by atoms with Gasteiger partial charge in [-0.25, -0.2) is 0 Å². The van der Waals surface area contributed by atoms with E-state index in [0.29, 0.717) is 16.5 Å². The van der Waals surface area contributed by atoms with Gasteiger partial charge in [-0.3, -0.25) is 0 Å². The number of ether oxygens (including phenoxy) is 1. The molecule has 1 aromatic carbocycles. The quantitative estimate of drug-likeness (QED) is 0.658. The van der Waals surface area contributed by atoms with Gasteiger partial charge in [0.2, 0.25) is 0 Å². The summed E-state index contributed by atoms with van der Waals surface area (Å²) in [4.78, 5) is 0. The normalized spacial score (nSPS) is 9.73. The number of nitrogen functional groups attached to an aromatic ring is 1. The number of halogens is 1. The number of nitrogens with two attached hydrogens (primary N) is 1. The van der Waals surface area contributed by atoms with Crippen molar-refractivity contribution < 1.29 is 4.74 Å². The number of rotatable bonds is 1. The van der Waals surface area contributed by atoms with Gasteiger partial charge in [-0.05, 0) is 18.6 Å². The van der Waals surface area contributed by atoms with E-state index in [9.17, 15) is 0 Å². The van der Waals surface area contributed by atoms with Crippen molar-refractivity contribution >= 4 is 17.3 Å². The lowest BCUT2D eigenvalue weighted by molar-refractivity contribution is 0.414. The average molecular weight is 172 g/mol. The summed E-state index contributed by atoms with van der Waals surface area (Å²) in [5, 5.41) is 0.535. The third-order valence-electron chi connectivity index (χ3n) is 1.54. The van der Waals surface area contributed by atoms with E-state index in [2.05, 4.69) is 0 Å². The highest BCUT2D eigenvalue weighted by Gasteiger charge is 2.05. The molecule has 0 heterocycles. The van der Waals surface area contributed by atoms with Gasteiger partial charge in [-0.15, -0.1) is 0 Å². The summed E-state index contributed by atoms with van der Waals surface area (Å²) in [7, 11) is 1.58. The largest absolute Gasteiger partial charge is 0.494 e. The van der Waals surface area contributed by atoms with Gasteiger partial charge < -0.3 is 10.5 Å². The Morgan fingerprint density at radius 3 is 2.55 bits per heavy atom. The summed E-state index contributed by atoms with van der Waals surface area (Å²) in [5.41, 5.74) is 7.14. The summed E-state index contributed by atoms with van der Waals surface area (Å²) in [6.07, 6.45) is 0. The highest BCUT2D eigenvalue weighted by molar-refractivity contribution is 6.33. The van der Waals surface area contributed by atoms with Crippen LogP contribution in [-0.2, 0) is 0 Å². The molecule has 0 saturated carbocycles. The molecule has 3 heteroatoms. The van der Waals surface area contributed by atoms with Gasteiger partial charge in [0, 0.05) is 0 Å². The van der Waals surface area contributed by atoms with Crippen LogP contribution in [0.25, 0.3) is 0 Å². The van der Waals surface area contributed by atoms with Crippen LogP contribution >= 0.6 is 11.6 Å². The molecule has 11 heavy (non-hydrogen) atoms. The van der Waals surface area contributed by atoms with Gasteiger partial charge >= 0.3 is 0 Å². The second-order valence-corrected chi connectivity index (χ2v) is 2.72. The Morgan fingerprint density at radius 2 is 2.09 bits per heavy atom. The maximum Gasteiger partial charge on any atom is 0.146 e. The number of aryl methyl sites for hydroxylation is 1. The predicted octanol–water partition coefficient (Wildman–Crippen LogP) is 2.24. The van der Waals surface area contributed by atoms with Crippen molar-refractivity contribution in [1.29, 1.82) is 0 Å². The monoisotopic (exact) mass is 171 g/mol. The van der Waals surface area contributed by atoms with Gasteiger partial charge in [0.15, 0.2) is 0 Å². The van der Waals surface area contributed by atoms with Crippen molar-refractivity contribution in [3.63, 3.8) is 0 Å². The Bertz CT molecular complexity index is 273. The maximum atomic E-state index is 5.76. The van der Waals surface area contributed by atoms with Crippen LogP contribution in [-0.4, -0.2) is 7.11 Å². The standard InChI is InChI=1S/C8H10ClNO/c1-5-3-4-6(9)7(10)8(5)11-2/h3-4H,10H2,1-2H3. The molecule has 1 rings (SSSR count). The summed E-state index contributed by atoms with van der Waals surface area (Å²) >= 11 is 5.76. The Kier molecular flexibility index (Phi) is 2.25. The molecular weight excluding hydrogens is 162 g/mol. The van der Waals surface area contributed by atoms with E-state index >= 15 is 0 Å². The molecule has 0 aromatic heterocycles. The first kappa shape index (κ1) is 8.21. The maximum absolute atomic E-state index is 5.76. The summed E-state index contributed by atoms with van der Waals surface area (Å²) in [5.74, 6) is 0.664. The third kappa shape index (κ3) is 1.40. The molecule has 2 N–H and O–H groups in total. The number of methoxy groups -OCH3 is 1. The second kappa shape index (κ2) is 3.01. The van der Waals surface area contributed by atoms with Crippen molar-refractivity contribution in [3.05, 3.63) is 22.7 Å². The average Bonchev–Trinajstić information content (AvgIpc) is 1.99. The Morgan fingerprint density at radius 1 is 1.45 bits per heavy atom. The molecule has 0 aliphatic rings. The van der Waals surface area contributed by atoms with Crippen molar-refractivity contribution in [2.24, 2.45) is 0 Å². The number of hydrogen-bond donors (Lipinski definition) is 1. The highest BCUT2D eigenvalue weighted by atomic mass is 35.5. The molecule has 2 nitrogen and oxygen atoms in total. The fourth-order valence-electron chi connectivity index (χ4n) is 0.955. The number of anilines is 1. The van der Waals surface area contributed by atoms with E-state index in [4.69, 9.17) is 22.1 Å². The first-order chi connectivity index (χ1) is 5.16. The Hall–Kier alpha value is -0.890. The van der Waals surface area contributed by atoms with Crippen LogP contribution in [0.15, 0.2) is 12.1 Å². The van der Waals surface area contributed by atoms with Crippen LogP contribution in [0.2, 0.25) is 5.02 Å². The van der Waals surface area contributed by atoms with Crippen LogP contribution in [0.4, 0.5) is 5.69 Å². The molecule has 0 aliphatic carbocycles. The SMILES string of the molecule is COc1c(C)ccc(Cl)c1N. The second-order valence-electron chi connectivity index (χ2n) is 2.31. The fraction of sp³-hybridized carbons (Fsp3) is 0.250. The molecule has 0 unspecified atom stereocenters. The predicted molar refractivity (Wildman–Crippen MR) is 47.2 cm³/mol. The van der Waals surface area contributed by atoms with Crippen LogP contribution in [0.5, 0.6) is 5.75 Å². The van der Waals surface area contributed by atoms with E-state index in [-0.39, 0.29) is 0 Å². The zero-order valence-corrected chi connectivity index (χ0v) is 7.27. The first-order valence-corrected chi connectivity index (χ1v) is 3.63. The van der Waals surface area contributed by atoms with Crippen LogP contribution in [0.3, 0.4) is 0 Å². The molecule has 0 atom stereocenters. The Balaban J connectivity index is 3.29. The minimum atomic E-state index is 0.508. The van der Waals surface area contributed by atoms with Gasteiger partial charge in [0.1, 0.15) is 5.75 Å². The van der Waals surface area contributed by atoms with E-state index in [1.807, 2.05) is 13.0 Å². The smallest absolute Gasteiger partial charge is 0.146 e. The number of benzene rings is 1. The summed E-state index contributed by atoms with van der Waals surface area (Å²) < 4.78 is 5.05. The minimum absolute atomic E-state index is 0.508.